The molecule has 2 N–H and O–H groups in total. The van der Waals surface area contributed by atoms with Gasteiger partial charge in [-0.3, -0.25) is 4.68 Å². The fraction of sp³-hybridized carbons (Fsp3) is 0.517. The van der Waals surface area contributed by atoms with Crippen LogP contribution in [0.1, 0.15) is 51.6 Å². The lowest BCUT2D eigenvalue weighted by atomic mass is 10.1. The molecule has 2 aromatic carbocycles. The lowest BCUT2D eigenvalue weighted by molar-refractivity contribution is 0.103. The molecule has 1 unspecified atom stereocenters. The van der Waals surface area contributed by atoms with Crippen molar-refractivity contribution in [3.05, 3.63) is 54.2 Å². The van der Waals surface area contributed by atoms with Crippen LogP contribution in [0.5, 0.6) is 0 Å². The molecular weight excluding hydrogens is 528 g/mol. The van der Waals surface area contributed by atoms with Gasteiger partial charge in [-0.1, -0.05) is 30.3 Å². The van der Waals surface area contributed by atoms with Gasteiger partial charge in [0.25, 0.3) is 0 Å². The monoisotopic (exact) mass is 566 g/mol. The number of fused-ring (bicyclic) bond motifs is 1. The maximum Gasteiger partial charge on any atom is 0.410 e. The Morgan fingerprint density at radius 2 is 1.85 bits per heavy atom. The SMILES string of the molecule is C[C@H]1CN(c2cc(S(=O)(=O)NC3(C)CC3)cc3c2cnn3C2CCN(C(=O)OCc3ccccc3)C2)C[C@H](C)N1. The third kappa shape index (κ3) is 5.55. The van der Waals surface area contributed by atoms with Crippen LogP contribution in [0.2, 0.25) is 0 Å². The Balaban J connectivity index is 1.29. The number of sulfonamides is 1. The fourth-order valence-corrected chi connectivity index (χ4v) is 7.43. The van der Waals surface area contributed by atoms with E-state index in [4.69, 9.17) is 9.84 Å². The molecule has 1 aromatic heterocycles. The van der Waals surface area contributed by atoms with Crippen LogP contribution in [0, 0.1) is 0 Å². The van der Waals surface area contributed by atoms with Crippen LogP contribution in [-0.2, 0) is 21.4 Å². The Labute approximate surface area is 235 Å². The van der Waals surface area contributed by atoms with Crippen molar-refractivity contribution >= 4 is 32.7 Å². The minimum atomic E-state index is -3.73. The van der Waals surface area contributed by atoms with E-state index in [1.165, 1.54) is 0 Å². The van der Waals surface area contributed by atoms with Gasteiger partial charge in [0, 0.05) is 54.9 Å². The molecule has 0 bridgehead atoms. The summed E-state index contributed by atoms with van der Waals surface area (Å²) in [5.41, 5.74) is 2.21. The number of piperazine rings is 1. The van der Waals surface area contributed by atoms with Gasteiger partial charge in [-0.15, -0.1) is 0 Å². The number of nitrogens with one attached hydrogen (secondary N) is 2. The van der Waals surface area contributed by atoms with E-state index in [-0.39, 0.29) is 41.3 Å². The molecule has 6 rings (SSSR count). The molecule has 2 aliphatic heterocycles. The van der Waals surface area contributed by atoms with Gasteiger partial charge in [-0.25, -0.2) is 17.9 Å². The second-order valence-corrected chi connectivity index (χ2v) is 13.6. The molecule has 3 heterocycles. The Bertz CT molecular complexity index is 1490. The largest absolute Gasteiger partial charge is 0.445 e. The number of carbonyl (C=O) groups is 1. The average Bonchev–Trinajstić information content (AvgIpc) is 3.29. The minimum absolute atomic E-state index is 0.0812. The molecule has 3 aliphatic rings. The summed E-state index contributed by atoms with van der Waals surface area (Å²) in [5, 5.41) is 9.22. The number of ether oxygens (including phenoxy) is 1. The summed E-state index contributed by atoms with van der Waals surface area (Å²) in [6.07, 6.45) is 3.87. The number of hydrogen-bond acceptors (Lipinski definition) is 7. The first-order chi connectivity index (χ1) is 19.1. The van der Waals surface area contributed by atoms with Gasteiger partial charge in [0.2, 0.25) is 10.0 Å². The van der Waals surface area contributed by atoms with Gasteiger partial charge in [-0.05, 0) is 57.7 Å². The average molecular weight is 567 g/mol. The summed E-state index contributed by atoms with van der Waals surface area (Å²) in [4.78, 5) is 17.0. The van der Waals surface area contributed by atoms with Crippen molar-refractivity contribution in [2.24, 2.45) is 0 Å². The number of anilines is 1. The molecule has 3 aromatic rings. The molecule has 0 radical (unpaired) electrons. The van der Waals surface area contributed by atoms with Crippen LogP contribution in [0.25, 0.3) is 10.9 Å². The first-order valence-corrected chi connectivity index (χ1v) is 15.6. The second-order valence-electron chi connectivity index (χ2n) is 11.9. The molecule has 1 amide bonds. The van der Waals surface area contributed by atoms with Crippen molar-refractivity contribution in [2.45, 2.75) is 75.2 Å². The predicted molar refractivity (Wildman–Crippen MR) is 154 cm³/mol. The standard InChI is InChI=1S/C29H38N6O4S/c1-20-16-34(17-21(2)31-20)26-13-24(40(37,38)32-29(3)10-11-29)14-27-25(26)15-30-35(27)23-9-12-33(18-23)28(36)39-19-22-7-5-4-6-8-22/h4-8,13-15,20-21,23,31-32H,9-12,16-19H2,1-3H3/t20-,21-,23?/m0/s1. The van der Waals surface area contributed by atoms with E-state index in [2.05, 4.69) is 28.8 Å². The summed E-state index contributed by atoms with van der Waals surface area (Å²) in [5.74, 6) is 0. The van der Waals surface area contributed by atoms with Gasteiger partial charge in [0.05, 0.1) is 22.7 Å². The first-order valence-electron chi connectivity index (χ1n) is 14.1. The molecule has 40 heavy (non-hydrogen) atoms. The number of likely N-dealkylation sites (tertiary alicyclic amines) is 1. The quantitative estimate of drug-likeness (QED) is 0.450. The maximum absolute atomic E-state index is 13.5. The van der Waals surface area contributed by atoms with Crippen molar-refractivity contribution in [3.63, 3.8) is 0 Å². The number of rotatable bonds is 7. The van der Waals surface area contributed by atoms with Gasteiger partial charge in [-0.2, -0.15) is 5.10 Å². The molecular formula is C29H38N6O4S. The number of benzene rings is 2. The molecule has 11 heteroatoms. The predicted octanol–water partition coefficient (Wildman–Crippen LogP) is 3.64. The lowest BCUT2D eigenvalue weighted by Gasteiger charge is -2.38. The molecule has 0 spiro atoms. The lowest BCUT2D eigenvalue weighted by Crippen LogP contribution is -2.54. The number of hydrogen-bond donors (Lipinski definition) is 2. The third-order valence-corrected chi connectivity index (χ3v) is 9.85. The third-order valence-electron chi connectivity index (χ3n) is 8.23. The van der Waals surface area contributed by atoms with Crippen molar-refractivity contribution in [3.8, 4) is 0 Å². The highest BCUT2D eigenvalue weighted by atomic mass is 32.2. The van der Waals surface area contributed by atoms with Gasteiger partial charge in [0.15, 0.2) is 0 Å². The zero-order valence-corrected chi connectivity index (χ0v) is 24.2. The zero-order chi connectivity index (χ0) is 28.1. The Morgan fingerprint density at radius 3 is 2.55 bits per heavy atom. The Hall–Kier alpha value is -3.15. The van der Waals surface area contributed by atoms with Gasteiger partial charge >= 0.3 is 6.09 Å². The van der Waals surface area contributed by atoms with Crippen molar-refractivity contribution < 1.29 is 17.9 Å². The van der Waals surface area contributed by atoms with Crippen molar-refractivity contribution in [2.75, 3.05) is 31.1 Å². The van der Waals surface area contributed by atoms with Gasteiger partial charge < -0.3 is 19.9 Å². The molecule has 1 saturated carbocycles. The summed E-state index contributed by atoms with van der Waals surface area (Å²) in [7, 11) is -3.73. The van der Waals surface area contributed by atoms with Gasteiger partial charge in [0.1, 0.15) is 6.61 Å². The topological polar surface area (TPSA) is 109 Å². The highest BCUT2D eigenvalue weighted by Gasteiger charge is 2.42. The smallest absolute Gasteiger partial charge is 0.410 e. The van der Waals surface area contributed by atoms with Crippen molar-refractivity contribution in [1.29, 1.82) is 0 Å². The normalized spacial score (nSPS) is 24.4. The molecule has 2 saturated heterocycles. The van der Waals surface area contributed by atoms with Crippen LogP contribution in [0.15, 0.2) is 53.6 Å². The summed E-state index contributed by atoms with van der Waals surface area (Å²) < 4.78 is 37.4. The molecule has 3 atom stereocenters. The first kappa shape index (κ1) is 27.0. The highest BCUT2D eigenvalue weighted by molar-refractivity contribution is 7.89. The molecule has 10 nitrogen and oxygen atoms in total. The van der Waals surface area contributed by atoms with E-state index in [0.29, 0.717) is 19.5 Å². The molecule has 214 valence electrons. The maximum atomic E-state index is 13.5. The fourth-order valence-electron chi connectivity index (χ4n) is 5.92. The number of amides is 1. The van der Waals surface area contributed by atoms with Crippen molar-refractivity contribution in [1.82, 2.24) is 24.7 Å². The summed E-state index contributed by atoms with van der Waals surface area (Å²) in [6.45, 7) is 8.99. The van der Waals surface area contributed by atoms with Crippen LogP contribution >= 0.6 is 0 Å². The number of carbonyl (C=O) groups excluding carboxylic acids is 1. The molecule has 1 aliphatic carbocycles. The second kappa shape index (κ2) is 10.4. The number of aromatic nitrogens is 2. The van der Waals surface area contributed by atoms with E-state index >= 15 is 0 Å². The van der Waals surface area contributed by atoms with E-state index < -0.39 is 10.0 Å². The molecule has 3 fully saturated rings. The minimum Gasteiger partial charge on any atom is -0.445 e. The van der Waals surface area contributed by atoms with Crippen LogP contribution in [0.3, 0.4) is 0 Å². The van der Waals surface area contributed by atoms with E-state index in [1.807, 2.05) is 48.1 Å². The Kier molecular flexibility index (Phi) is 7.00. The van der Waals surface area contributed by atoms with E-state index in [1.54, 1.807) is 17.0 Å². The Morgan fingerprint density at radius 1 is 1.12 bits per heavy atom. The summed E-state index contributed by atoms with van der Waals surface area (Å²) >= 11 is 0. The van der Waals surface area contributed by atoms with Crippen LogP contribution < -0.4 is 14.9 Å². The summed E-state index contributed by atoms with van der Waals surface area (Å²) in [6, 6.07) is 13.6. The zero-order valence-electron chi connectivity index (χ0n) is 23.3. The van der Waals surface area contributed by atoms with E-state index in [0.717, 1.165) is 48.1 Å². The highest BCUT2D eigenvalue weighted by Crippen LogP contribution is 2.38. The number of nitrogens with zero attached hydrogens (tertiary/aromatic N) is 4. The van der Waals surface area contributed by atoms with Crippen LogP contribution in [0.4, 0.5) is 10.5 Å². The van der Waals surface area contributed by atoms with E-state index in [9.17, 15) is 13.2 Å². The van der Waals surface area contributed by atoms with Crippen LogP contribution in [-0.4, -0.2) is 73.0 Å².